The summed E-state index contributed by atoms with van der Waals surface area (Å²) in [5.41, 5.74) is 6.67. The Labute approximate surface area is 153 Å². The van der Waals surface area contributed by atoms with Crippen LogP contribution >= 0.6 is 0 Å². The first-order valence-electron chi connectivity index (χ1n) is 8.69. The zero-order valence-corrected chi connectivity index (χ0v) is 14.3. The van der Waals surface area contributed by atoms with E-state index in [1.807, 2.05) is 10.2 Å². The standard InChI is InChI=1S/C17H19F3N4O3/c18-12-3-8(1-2-13(12)23-6-10-11(7-23)14(10)21)24-5-9(27-17(24)26)4-22-16(25)15(19)20/h1-3,9-11,14-15H,4-7,21H2,(H,22,25). The van der Waals surface area contributed by atoms with Crippen LogP contribution in [0.15, 0.2) is 18.2 Å². The molecule has 27 heavy (non-hydrogen) atoms. The number of alkyl halides is 2. The number of nitrogens with two attached hydrogens (primary N) is 1. The Bertz CT molecular complexity index is 766. The zero-order valence-electron chi connectivity index (χ0n) is 14.3. The Morgan fingerprint density at radius 3 is 2.63 bits per heavy atom. The van der Waals surface area contributed by atoms with E-state index < -0.39 is 30.3 Å². The topological polar surface area (TPSA) is 87.9 Å². The monoisotopic (exact) mass is 384 g/mol. The van der Waals surface area contributed by atoms with Crippen LogP contribution in [0.5, 0.6) is 0 Å². The molecule has 1 aromatic rings. The third-order valence-electron chi connectivity index (χ3n) is 5.42. The summed E-state index contributed by atoms with van der Waals surface area (Å²) >= 11 is 0. The summed E-state index contributed by atoms with van der Waals surface area (Å²) in [5.74, 6) is -1.04. The molecule has 0 spiro atoms. The molecule has 2 saturated heterocycles. The lowest BCUT2D eigenvalue weighted by atomic mass is 10.2. The molecule has 2 amide bonds. The van der Waals surface area contributed by atoms with Crippen LogP contribution in [0.1, 0.15) is 0 Å². The second-order valence-corrected chi connectivity index (χ2v) is 7.11. The maximum absolute atomic E-state index is 14.6. The molecule has 10 heteroatoms. The van der Waals surface area contributed by atoms with Crippen molar-refractivity contribution in [2.75, 3.05) is 36.0 Å². The van der Waals surface area contributed by atoms with Crippen molar-refractivity contribution in [2.24, 2.45) is 17.6 Å². The van der Waals surface area contributed by atoms with Gasteiger partial charge in [0.25, 0.3) is 5.91 Å². The summed E-state index contributed by atoms with van der Waals surface area (Å²) in [5, 5.41) is 2.00. The van der Waals surface area contributed by atoms with Crippen LogP contribution < -0.4 is 20.9 Å². The van der Waals surface area contributed by atoms with Crippen LogP contribution in [0, 0.1) is 17.7 Å². The van der Waals surface area contributed by atoms with Gasteiger partial charge in [-0.15, -0.1) is 0 Å². The molecule has 3 aliphatic rings. The number of ether oxygens (including phenoxy) is 1. The van der Waals surface area contributed by atoms with Crippen molar-refractivity contribution in [3.8, 4) is 0 Å². The van der Waals surface area contributed by atoms with Gasteiger partial charge in [0.2, 0.25) is 0 Å². The number of nitrogens with one attached hydrogen (secondary N) is 1. The van der Waals surface area contributed by atoms with Gasteiger partial charge in [0.05, 0.1) is 24.5 Å². The number of hydrogen-bond acceptors (Lipinski definition) is 5. The van der Waals surface area contributed by atoms with Gasteiger partial charge >= 0.3 is 12.5 Å². The average molecular weight is 384 g/mol. The molecule has 0 radical (unpaired) electrons. The van der Waals surface area contributed by atoms with Crippen molar-refractivity contribution in [2.45, 2.75) is 18.6 Å². The number of anilines is 2. The molecular weight excluding hydrogens is 365 g/mol. The number of piperidine rings is 1. The Morgan fingerprint density at radius 2 is 2.00 bits per heavy atom. The van der Waals surface area contributed by atoms with Crippen LogP contribution in [0.4, 0.5) is 29.3 Å². The van der Waals surface area contributed by atoms with Crippen molar-refractivity contribution in [3.05, 3.63) is 24.0 Å². The van der Waals surface area contributed by atoms with Crippen molar-refractivity contribution < 1.29 is 27.5 Å². The summed E-state index contributed by atoms with van der Waals surface area (Å²) in [6.45, 7) is 1.24. The van der Waals surface area contributed by atoms with Gasteiger partial charge in [0.1, 0.15) is 11.9 Å². The molecule has 146 valence electrons. The Morgan fingerprint density at radius 1 is 1.30 bits per heavy atom. The lowest BCUT2D eigenvalue weighted by Crippen LogP contribution is -2.37. The fourth-order valence-corrected chi connectivity index (χ4v) is 3.82. The lowest BCUT2D eigenvalue weighted by molar-refractivity contribution is -0.132. The highest BCUT2D eigenvalue weighted by atomic mass is 19.3. The third kappa shape index (κ3) is 3.29. The minimum Gasteiger partial charge on any atom is -0.442 e. The largest absolute Gasteiger partial charge is 0.442 e. The molecule has 1 aromatic carbocycles. The van der Waals surface area contributed by atoms with E-state index in [1.54, 1.807) is 12.1 Å². The minimum absolute atomic E-state index is 0.0316. The van der Waals surface area contributed by atoms with E-state index in [9.17, 15) is 22.8 Å². The molecule has 0 bridgehead atoms. The smallest absolute Gasteiger partial charge is 0.414 e. The fourth-order valence-electron chi connectivity index (χ4n) is 3.82. The fraction of sp³-hybridized carbons (Fsp3) is 0.529. The first-order valence-corrected chi connectivity index (χ1v) is 8.69. The maximum Gasteiger partial charge on any atom is 0.414 e. The highest BCUT2D eigenvalue weighted by molar-refractivity contribution is 5.90. The molecule has 2 aliphatic heterocycles. The molecule has 3 atom stereocenters. The predicted octanol–water partition coefficient (Wildman–Crippen LogP) is 0.925. The molecule has 1 saturated carbocycles. The van der Waals surface area contributed by atoms with Gasteiger partial charge in [0, 0.05) is 19.1 Å². The number of fused-ring (bicyclic) bond motifs is 1. The highest BCUT2D eigenvalue weighted by Gasteiger charge is 2.53. The summed E-state index contributed by atoms with van der Waals surface area (Å²) in [7, 11) is 0. The number of amides is 2. The van der Waals surface area contributed by atoms with Crippen molar-refractivity contribution in [3.63, 3.8) is 0 Å². The first-order chi connectivity index (χ1) is 12.8. The number of carbonyl (C=O) groups excluding carboxylic acids is 2. The summed E-state index contributed by atoms with van der Waals surface area (Å²) in [6, 6.07) is 4.69. The number of carbonyl (C=O) groups is 2. The molecular formula is C17H19F3N4O3. The summed E-state index contributed by atoms with van der Waals surface area (Å²) in [4.78, 5) is 26.1. The van der Waals surface area contributed by atoms with Gasteiger partial charge in [-0.05, 0) is 30.0 Å². The van der Waals surface area contributed by atoms with Gasteiger partial charge in [-0.25, -0.2) is 9.18 Å². The summed E-state index contributed by atoms with van der Waals surface area (Å²) in [6.07, 6.45) is -4.63. The Hall–Kier alpha value is -2.49. The van der Waals surface area contributed by atoms with Crippen LogP contribution in [-0.2, 0) is 9.53 Å². The second kappa shape index (κ2) is 6.59. The average Bonchev–Trinajstić information content (AvgIpc) is 3.00. The van der Waals surface area contributed by atoms with Crippen molar-refractivity contribution in [1.29, 1.82) is 0 Å². The third-order valence-corrected chi connectivity index (χ3v) is 5.42. The van der Waals surface area contributed by atoms with Gasteiger partial charge in [-0.1, -0.05) is 0 Å². The number of halogens is 3. The second-order valence-electron chi connectivity index (χ2n) is 7.11. The van der Waals surface area contributed by atoms with E-state index in [0.717, 1.165) is 13.1 Å². The van der Waals surface area contributed by atoms with Crippen molar-refractivity contribution in [1.82, 2.24) is 5.32 Å². The molecule has 1 aliphatic carbocycles. The van der Waals surface area contributed by atoms with Crippen molar-refractivity contribution >= 4 is 23.4 Å². The van der Waals surface area contributed by atoms with Crippen LogP contribution in [-0.4, -0.2) is 56.8 Å². The number of cyclic esters (lactones) is 1. The van der Waals surface area contributed by atoms with Gasteiger partial charge < -0.3 is 20.7 Å². The van der Waals surface area contributed by atoms with E-state index >= 15 is 0 Å². The number of hydrogen-bond donors (Lipinski definition) is 2. The quantitative estimate of drug-likeness (QED) is 0.789. The van der Waals surface area contributed by atoms with E-state index in [4.69, 9.17) is 10.5 Å². The zero-order chi connectivity index (χ0) is 19.3. The molecule has 3 N–H and O–H groups in total. The predicted molar refractivity (Wildman–Crippen MR) is 90.2 cm³/mol. The molecule has 3 fully saturated rings. The van der Waals surface area contributed by atoms with Gasteiger partial charge in [-0.3, -0.25) is 9.69 Å². The van der Waals surface area contributed by atoms with E-state index in [0.29, 0.717) is 23.2 Å². The normalized spacial score (nSPS) is 29.1. The highest BCUT2D eigenvalue weighted by Crippen LogP contribution is 2.45. The lowest BCUT2D eigenvalue weighted by Gasteiger charge is -2.23. The number of benzene rings is 1. The van der Waals surface area contributed by atoms with E-state index in [2.05, 4.69) is 0 Å². The SMILES string of the molecule is NC1C2CN(c3ccc(N4CC(CNC(=O)C(F)F)OC4=O)cc3F)CC12. The van der Waals surface area contributed by atoms with Gasteiger partial charge in [0.15, 0.2) is 0 Å². The van der Waals surface area contributed by atoms with E-state index in [1.165, 1.54) is 11.0 Å². The number of rotatable bonds is 5. The molecule has 7 nitrogen and oxygen atoms in total. The number of nitrogens with zero attached hydrogens (tertiary/aromatic N) is 2. The Balaban J connectivity index is 1.39. The van der Waals surface area contributed by atoms with Crippen LogP contribution in [0.3, 0.4) is 0 Å². The van der Waals surface area contributed by atoms with Gasteiger partial charge in [-0.2, -0.15) is 8.78 Å². The first kappa shape index (κ1) is 17.9. The molecule has 4 rings (SSSR count). The molecule has 0 aromatic heterocycles. The minimum atomic E-state index is -3.13. The maximum atomic E-state index is 14.6. The van der Waals surface area contributed by atoms with Crippen LogP contribution in [0.2, 0.25) is 0 Å². The Kier molecular flexibility index (Phi) is 4.37. The molecule has 2 heterocycles. The summed E-state index contributed by atoms with van der Waals surface area (Å²) < 4.78 is 44.0. The molecule has 3 unspecified atom stereocenters. The van der Waals surface area contributed by atoms with Crippen LogP contribution in [0.25, 0.3) is 0 Å². The van der Waals surface area contributed by atoms with E-state index in [-0.39, 0.29) is 19.1 Å².